The molecule has 1 aliphatic heterocycles. The Morgan fingerprint density at radius 3 is 2.34 bits per heavy atom. The lowest BCUT2D eigenvalue weighted by atomic mass is 10.0. The lowest BCUT2D eigenvalue weighted by Crippen LogP contribution is -2.27. The smallest absolute Gasteiger partial charge is 0.335 e. The lowest BCUT2D eigenvalue weighted by Gasteiger charge is -2.14. The monoisotopic (exact) mass is 469 g/mol. The van der Waals surface area contributed by atoms with Crippen molar-refractivity contribution in [2.45, 2.75) is 0 Å². The van der Waals surface area contributed by atoms with Crippen LogP contribution in [0.3, 0.4) is 0 Å². The van der Waals surface area contributed by atoms with Crippen LogP contribution in [0.2, 0.25) is 0 Å². The van der Waals surface area contributed by atoms with Crippen LogP contribution in [0.15, 0.2) is 63.9 Å². The largest absolute Gasteiger partial charge is 0.478 e. The second-order valence-electron chi connectivity index (χ2n) is 6.61. The summed E-state index contributed by atoms with van der Waals surface area (Å²) in [5.41, 5.74) is 0.166. The minimum atomic E-state index is -1.28. The van der Waals surface area contributed by atoms with Crippen LogP contribution >= 0.6 is 24.0 Å². The molecule has 0 radical (unpaired) electrons. The molecule has 160 valence electrons. The number of carbonyl (C=O) groups excluding carboxylic acids is 1. The van der Waals surface area contributed by atoms with Crippen molar-refractivity contribution < 1.29 is 33.4 Å². The molecule has 7 nitrogen and oxygen atoms in total. The van der Waals surface area contributed by atoms with Gasteiger partial charge in [0.15, 0.2) is 4.32 Å². The number of hydrogen-bond donors (Lipinski definition) is 2. The Kier molecular flexibility index (Phi) is 5.64. The summed E-state index contributed by atoms with van der Waals surface area (Å²) in [5, 5.41) is 18.5. The van der Waals surface area contributed by atoms with Crippen molar-refractivity contribution in [3.05, 3.63) is 82.2 Å². The maximum Gasteiger partial charge on any atom is 0.335 e. The van der Waals surface area contributed by atoms with E-state index in [0.29, 0.717) is 5.69 Å². The highest BCUT2D eigenvalue weighted by atomic mass is 32.2. The first-order valence-corrected chi connectivity index (χ1v) is 10.2. The van der Waals surface area contributed by atoms with Crippen molar-refractivity contribution in [2.24, 2.45) is 0 Å². The fraction of sp³-hybridized carbons (Fsp3) is 0. The second kappa shape index (κ2) is 8.40. The topological polar surface area (TPSA) is 108 Å². The SMILES string of the molecule is O=C(O)c1cc(C(=O)O)cc(-c2ccc(/C=C3\SC(=S)N(c4cccc(F)c4)C3=O)o2)c1. The molecule has 0 bridgehead atoms. The van der Waals surface area contributed by atoms with Crippen LogP contribution in [0.4, 0.5) is 10.1 Å². The average Bonchev–Trinajstić information content (AvgIpc) is 3.32. The number of furan rings is 1. The molecule has 0 aliphatic carbocycles. The third-order valence-electron chi connectivity index (χ3n) is 4.47. The predicted octanol–water partition coefficient (Wildman–Crippen LogP) is 4.89. The summed E-state index contributed by atoms with van der Waals surface area (Å²) in [5.74, 6) is -2.99. The van der Waals surface area contributed by atoms with Gasteiger partial charge < -0.3 is 14.6 Å². The van der Waals surface area contributed by atoms with Crippen LogP contribution in [0.5, 0.6) is 0 Å². The number of thiocarbonyl (C=S) groups is 1. The Balaban J connectivity index is 1.65. The molecule has 32 heavy (non-hydrogen) atoms. The highest BCUT2D eigenvalue weighted by molar-refractivity contribution is 8.27. The molecule has 4 rings (SSSR count). The van der Waals surface area contributed by atoms with E-state index in [0.717, 1.165) is 17.8 Å². The first kappa shape index (κ1) is 21.5. The van der Waals surface area contributed by atoms with Gasteiger partial charge in [-0.1, -0.05) is 30.0 Å². The summed E-state index contributed by atoms with van der Waals surface area (Å²) in [6.07, 6.45) is 1.46. The quantitative estimate of drug-likeness (QED) is 0.402. The molecule has 1 aromatic heterocycles. The number of halogens is 1. The third kappa shape index (κ3) is 4.18. The molecule has 0 spiro atoms. The maximum absolute atomic E-state index is 13.5. The molecule has 1 aliphatic rings. The minimum absolute atomic E-state index is 0.200. The predicted molar refractivity (Wildman–Crippen MR) is 120 cm³/mol. The van der Waals surface area contributed by atoms with Gasteiger partial charge in [-0.05, 0) is 48.5 Å². The Hall–Kier alpha value is -3.76. The lowest BCUT2D eigenvalue weighted by molar-refractivity contribution is -0.113. The molecule has 2 aromatic carbocycles. The number of hydrogen-bond acceptors (Lipinski definition) is 6. The standard InChI is InChI=1S/C22H12FNO6S2/c23-14-2-1-3-15(9-14)24-19(25)18(32-22(24)31)10-16-4-5-17(30-16)11-6-12(20(26)27)8-13(7-11)21(28)29/h1-10H,(H,26,27)(H,28,29)/b18-10-. The molecule has 2 N–H and O–H groups in total. The second-order valence-corrected chi connectivity index (χ2v) is 8.28. The molecule has 1 saturated heterocycles. The molecule has 1 amide bonds. The van der Waals surface area contributed by atoms with Crippen molar-refractivity contribution in [1.29, 1.82) is 0 Å². The molecule has 0 atom stereocenters. The number of benzene rings is 2. The van der Waals surface area contributed by atoms with Gasteiger partial charge in [0.05, 0.1) is 21.7 Å². The first-order valence-electron chi connectivity index (χ1n) is 8.98. The molecule has 0 saturated carbocycles. The molecular weight excluding hydrogens is 457 g/mol. The van der Waals surface area contributed by atoms with E-state index < -0.39 is 23.7 Å². The summed E-state index contributed by atoms with van der Waals surface area (Å²) in [7, 11) is 0. The Morgan fingerprint density at radius 2 is 1.72 bits per heavy atom. The normalized spacial score (nSPS) is 14.9. The van der Waals surface area contributed by atoms with Gasteiger partial charge in [-0.15, -0.1) is 0 Å². The van der Waals surface area contributed by atoms with E-state index in [1.165, 1.54) is 47.4 Å². The summed E-state index contributed by atoms with van der Waals surface area (Å²) < 4.78 is 19.5. The van der Waals surface area contributed by atoms with Crippen molar-refractivity contribution in [2.75, 3.05) is 4.90 Å². The van der Waals surface area contributed by atoms with Crippen molar-refractivity contribution in [3.8, 4) is 11.3 Å². The Labute approximate surface area is 189 Å². The van der Waals surface area contributed by atoms with Crippen molar-refractivity contribution in [3.63, 3.8) is 0 Å². The van der Waals surface area contributed by atoms with Gasteiger partial charge in [-0.3, -0.25) is 9.69 Å². The average molecular weight is 469 g/mol. The van der Waals surface area contributed by atoms with Gasteiger partial charge in [0.2, 0.25) is 0 Å². The number of carboxylic acid groups (broad SMARTS) is 2. The minimum Gasteiger partial charge on any atom is -0.478 e. The van der Waals surface area contributed by atoms with Crippen molar-refractivity contribution in [1.82, 2.24) is 0 Å². The maximum atomic E-state index is 13.5. The first-order chi connectivity index (χ1) is 15.2. The van der Waals surface area contributed by atoms with E-state index in [1.54, 1.807) is 12.1 Å². The van der Waals surface area contributed by atoms with Crippen LogP contribution in [0.1, 0.15) is 26.5 Å². The fourth-order valence-electron chi connectivity index (χ4n) is 3.04. The van der Waals surface area contributed by atoms with Gasteiger partial charge in [0, 0.05) is 11.6 Å². The van der Waals surface area contributed by atoms with E-state index in [-0.39, 0.29) is 37.4 Å². The van der Waals surface area contributed by atoms with E-state index >= 15 is 0 Å². The van der Waals surface area contributed by atoms with Gasteiger partial charge >= 0.3 is 11.9 Å². The zero-order valence-electron chi connectivity index (χ0n) is 15.9. The van der Waals surface area contributed by atoms with Crippen LogP contribution in [-0.2, 0) is 4.79 Å². The number of carbonyl (C=O) groups is 3. The Bertz CT molecular complexity index is 1300. The van der Waals surface area contributed by atoms with E-state index in [1.807, 2.05) is 0 Å². The molecule has 3 aromatic rings. The number of nitrogens with zero attached hydrogens (tertiary/aromatic N) is 1. The van der Waals surface area contributed by atoms with Crippen molar-refractivity contribution >= 4 is 57.9 Å². The fourth-order valence-corrected chi connectivity index (χ4v) is 4.32. The number of aromatic carboxylic acids is 2. The molecular formula is C22H12FNO6S2. The number of carboxylic acids is 2. The Morgan fingerprint density at radius 1 is 1.03 bits per heavy atom. The number of thioether (sulfide) groups is 1. The summed E-state index contributed by atoms with van der Waals surface area (Å²) in [6, 6.07) is 12.2. The summed E-state index contributed by atoms with van der Waals surface area (Å²) >= 11 is 6.28. The van der Waals surface area contributed by atoms with Gasteiger partial charge in [0.1, 0.15) is 17.3 Å². The highest BCUT2D eigenvalue weighted by Crippen LogP contribution is 2.37. The zero-order valence-corrected chi connectivity index (χ0v) is 17.6. The number of rotatable bonds is 5. The summed E-state index contributed by atoms with van der Waals surface area (Å²) in [4.78, 5) is 36.9. The molecule has 2 heterocycles. The number of amides is 1. The van der Waals surface area contributed by atoms with E-state index in [2.05, 4.69) is 0 Å². The number of anilines is 1. The zero-order chi connectivity index (χ0) is 23.0. The third-order valence-corrected chi connectivity index (χ3v) is 5.77. The van der Waals surface area contributed by atoms with Crippen LogP contribution in [0.25, 0.3) is 17.4 Å². The van der Waals surface area contributed by atoms with E-state index in [4.69, 9.17) is 16.6 Å². The molecule has 0 unspecified atom stereocenters. The summed E-state index contributed by atoms with van der Waals surface area (Å²) in [6.45, 7) is 0. The molecule has 10 heteroatoms. The molecule has 1 fully saturated rings. The van der Waals surface area contributed by atoms with Gasteiger partial charge in [-0.25, -0.2) is 14.0 Å². The van der Waals surface area contributed by atoms with Crippen LogP contribution in [-0.4, -0.2) is 32.4 Å². The van der Waals surface area contributed by atoms with Crippen LogP contribution in [0, 0.1) is 5.82 Å². The van der Waals surface area contributed by atoms with E-state index in [9.17, 15) is 29.0 Å². The highest BCUT2D eigenvalue weighted by Gasteiger charge is 2.33. The van der Waals surface area contributed by atoms with Crippen LogP contribution < -0.4 is 4.90 Å². The van der Waals surface area contributed by atoms with Gasteiger partial charge in [0.25, 0.3) is 5.91 Å². The van der Waals surface area contributed by atoms with Gasteiger partial charge in [-0.2, -0.15) is 0 Å².